The fourth-order valence-electron chi connectivity index (χ4n) is 6.38. The normalized spacial score (nSPS) is 14.6. The number of carbonyl (C=O) groups excluding carboxylic acids is 1. The number of unbranched alkanes of at least 4 members (excludes halogenated alkanes) is 23. The van der Waals surface area contributed by atoms with Crippen molar-refractivity contribution in [3.8, 4) is 0 Å². The molecule has 0 rings (SSSR count). The number of hydrogen-bond donors (Lipinski definition) is 5. The summed E-state index contributed by atoms with van der Waals surface area (Å²) in [6.45, 7) is 4.01. The highest BCUT2D eigenvalue weighted by Gasteiger charge is 2.28. The molecule has 294 valence electrons. The molecular formula is C44H83NO5. The predicted octanol–water partition coefficient (Wildman–Crippen LogP) is 11.0. The molecule has 0 fully saturated rings. The van der Waals surface area contributed by atoms with E-state index in [1.807, 2.05) is 0 Å². The topological polar surface area (TPSA) is 110 Å². The minimum Gasteiger partial charge on any atom is -0.394 e. The fraction of sp³-hybridized carbons (Fsp3) is 0.841. The zero-order valence-corrected chi connectivity index (χ0v) is 32.9. The van der Waals surface area contributed by atoms with Crippen LogP contribution < -0.4 is 5.32 Å². The van der Waals surface area contributed by atoms with Gasteiger partial charge in [0.15, 0.2) is 0 Å². The highest BCUT2D eigenvalue weighted by atomic mass is 16.3. The summed E-state index contributed by atoms with van der Waals surface area (Å²) in [5.74, 6) is -0.599. The van der Waals surface area contributed by atoms with Gasteiger partial charge in [0.1, 0.15) is 12.2 Å². The van der Waals surface area contributed by atoms with Gasteiger partial charge in [0, 0.05) is 0 Å². The first-order valence-electron chi connectivity index (χ1n) is 21.4. The Morgan fingerprint density at radius 3 is 1.26 bits per heavy atom. The van der Waals surface area contributed by atoms with Crippen molar-refractivity contribution >= 4 is 5.91 Å². The van der Waals surface area contributed by atoms with E-state index < -0.39 is 36.9 Å². The summed E-state index contributed by atoms with van der Waals surface area (Å²) in [7, 11) is 0. The van der Waals surface area contributed by atoms with E-state index in [0.717, 1.165) is 51.4 Å². The monoisotopic (exact) mass is 706 g/mol. The summed E-state index contributed by atoms with van der Waals surface area (Å²) in [6.07, 6.45) is 44.5. The van der Waals surface area contributed by atoms with Crippen molar-refractivity contribution in [2.75, 3.05) is 6.61 Å². The molecule has 0 aromatic heterocycles. The number of aliphatic hydroxyl groups excluding tert-OH is 4. The van der Waals surface area contributed by atoms with Crippen LogP contribution in [0.5, 0.6) is 0 Å². The fourth-order valence-corrected chi connectivity index (χ4v) is 6.38. The van der Waals surface area contributed by atoms with Gasteiger partial charge in [-0.05, 0) is 64.2 Å². The third-order valence-electron chi connectivity index (χ3n) is 9.81. The molecule has 0 saturated carbocycles. The summed E-state index contributed by atoms with van der Waals surface area (Å²) in [4.78, 5) is 12.5. The second-order valence-corrected chi connectivity index (χ2v) is 14.7. The summed E-state index contributed by atoms with van der Waals surface area (Å²) >= 11 is 0. The molecule has 4 unspecified atom stereocenters. The molecule has 0 aliphatic heterocycles. The average molecular weight is 706 g/mol. The molecule has 5 N–H and O–H groups in total. The van der Waals surface area contributed by atoms with Crippen LogP contribution in [0.1, 0.15) is 206 Å². The van der Waals surface area contributed by atoms with Crippen molar-refractivity contribution < 1.29 is 25.2 Å². The van der Waals surface area contributed by atoms with Gasteiger partial charge in [0.2, 0.25) is 5.91 Å². The molecule has 0 aliphatic rings. The zero-order chi connectivity index (χ0) is 36.8. The summed E-state index contributed by atoms with van der Waals surface area (Å²) < 4.78 is 0. The van der Waals surface area contributed by atoms with E-state index in [4.69, 9.17) is 0 Å². The number of hydrogen-bond acceptors (Lipinski definition) is 5. The van der Waals surface area contributed by atoms with E-state index in [9.17, 15) is 25.2 Å². The van der Waals surface area contributed by atoms with E-state index in [1.165, 1.54) is 122 Å². The van der Waals surface area contributed by atoms with E-state index in [-0.39, 0.29) is 0 Å². The van der Waals surface area contributed by atoms with Crippen LogP contribution >= 0.6 is 0 Å². The Kier molecular flexibility index (Phi) is 37.6. The maximum Gasteiger partial charge on any atom is 0.249 e. The number of allylic oxidation sites excluding steroid dienone is 6. The van der Waals surface area contributed by atoms with Crippen molar-refractivity contribution in [2.45, 2.75) is 231 Å². The molecule has 0 aromatic carbocycles. The van der Waals surface area contributed by atoms with Crippen LogP contribution in [0, 0.1) is 0 Å². The molecule has 1 amide bonds. The Balaban J connectivity index is 3.83. The van der Waals surface area contributed by atoms with Gasteiger partial charge in [0.05, 0.1) is 18.8 Å². The van der Waals surface area contributed by atoms with Gasteiger partial charge in [0.25, 0.3) is 0 Å². The molecule has 4 atom stereocenters. The second-order valence-electron chi connectivity index (χ2n) is 14.7. The van der Waals surface area contributed by atoms with Gasteiger partial charge < -0.3 is 25.7 Å². The van der Waals surface area contributed by atoms with Gasteiger partial charge >= 0.3 is 0 Å². The van der Waals surface area contributed by atoms with Crippen LogP contribution in [-0.4, -0.2) is 57.3 Å². The minimum absolute atomic E-state index is 0.361. The number of carbonyl (C=O) groups is 1. The highest BCUT2D eigenvalue weighted by molar-refractivity contribution is 5.80. The first-order chi connectivity index (χ1) is 24.5. The standard InChI is InChI=1S/C44H83NO5/c1-3-5-7-9-11-13-15-17-19-21-23-25-27-29-31-33-35-37-41(47)43(49)40(39-46)45-44(50)42(48)38-36-34-32-30-28-26-24-22-20-18-16-14-12-10-8-6-4-2/h13,15,21,23,29,31,40-43,46-49H,3-12,14,16-20,22,24-28,30,32-39H2,1-2H3,(H,45,50)/b15-13+,23-21+,31-29+. The van der Waals surface area contributed by atoms with Crippen molar-refractivity contribution in [1.29, 1.82) is 0 Å². The maximum absolute atomic E-state index is 12.5. The molecule has 0 bridgehead atoms. The van der Waals surface area contributed by atoms with E-state index in [0.29, 0.717) is 19.3 Å². The molecule has 6 nitrogen and oxygen atoms in total. The number of nitrogens with one attached hydrogen (secondary N) is 1. The first kappa shape index (κ1) is 48.5. The molecule has 50 heavy (non-hydrogen) atoms. The quantitative estimate of drug-likeness (QED) is 0.0324. The van der Waals surface area contributed by atoms with Gasteiger partial charge in [-0.15, -0.1) is 0 Å². The van der Waals surface area contributed by atoms with Crippen LogP contribution in [0.25, 0.3) is 0 Å². The Morgan fingerprint density at radius 2 is 0.840 bits per heavy atom. The van der Waals surface area contributed by atoms with Crippen LogP contribution in [0.3, 0.4) is 0 Å². The van der Waals surface area contributed by atoms with Gasteiger partial charge in [-0.3, -0.25) is 4.79 Å². The van der Waals surface area contributed by atoms with Crippen LogP contribution in [-0.2, 0) is 4.79 Å². The van der Waals surface area contributed by atoms with Gasteiger partial charge in [-0.1, -0.05) is 179 Å². The number of aliphatic hydroxyl groups is 4. The van der Waals surface area contributed by atoms with E-state index in [1.54, 1.807) is 0 Å². The Bertz CT molecular complexity index is 797. The lowest BCUT2D eigenvalue weighted by atomic mass is 10.00. The summed E-state index contributed by atoms with van der Waals surface area (Å²) in [5.41, 5.74) is 0. The Labute approximate surface area is 309 Å². The molecule has 6 heteroatoms. The SMILES string of the molecule is CCCCCC/C=C/CC/C=C/CC/C=C/CCCC(O)C(O)C(CO)NC(=O)C(O)CCCCCCCCCCCCCCCCCCC. The van der Waals surface area contributed by atoms with Crippen LogP contribution in [0.2, 0.25) is 0 Å². The van der Waals surface area contributed by atoms with E-state index >= 15 is 0 Å². The van der Waals surface area contributed by atoms with Crippen LogP contribution in [0.4, 0.5) is 0 Å². The summed E-state index contributed by atoms with van der Waals surface area (Å²) in [5, 5.41) is 43.6. The lowest BCUT2D eigenvalue weighted by molar-refractivity contribution is -0.132. The van der Waals surface area contributed by atoms with Crippen molar-refractivity contribution in [1.82, 2.24) is 5.32 Å². The smallest absolute Gasteiger partial charge is 0.249 e. The third-order valence-corrected chi connectivity index (χ3v) is 9.81. The lowest BCUT2D eigenvalue weighted by Crippen LogP contribution is -2.53. The molecule has 0 radical (unpaired) electrons. The molecule has 0 spiro atoms. The third kappa shape index (κ3) is 32.4. The molecule has 0 saturated heterocycles. The largest absolute Gasteiger partial charge is 0.394 e. The number of rotatable bonds is 38. The zero-order valence-electron chi connectivity index (χ0n) is 32.9. The molecule has 0 heterocycles. The molecular weight excluding hydrogens is 622 g/mol. The first-order valence-corrected chi connectivity index (χ1v) is 21.4. The highest BCUT2D eigenvalue weighted by Crippen LogP contribution is 2.15. The van der Waals surface area contributed by atoms with E-state index in [2.05, 4.69) is 55.6 Å². The Hall–Kier alpha value is -1.47. The average Bonchev–Trinajstić information content (AvgIpc) is 3.12. The number of amides is 1. The lowest BCUT2D eigenvalue weighted by Gasteiger charge is -2.27. The minimum atomic E-state index is -1.29. The Morgan fingerprint density at radius 1 is 0.480 bits per heavy atom. The predicted molar refractivity (Wildman–Crippen MR) is 214 cm³/mol. The van der Waals surface area contributed by atoms with Gasteiger partial charge in [-0.25, -0.2) is 0 Å². The second kappa shape index (κ2) is 38.8. The van der Waals surface area contributed by atoms with Crippen LogP contribution in [0.15, 0.2) is 36.5 Å². The van der Waals surface area contributed by atoms with Crippen molar-refractivity contribution in [3.63, 3.8) is 0 Å². The van der Waals surface area contributed by atoms with Crippen molar-refractivity contribution in [2.24, 2.45) is 0 Å². The maximum atomic E-state index is 12.5. The molecule has 0 aliphatic carbocycles. The van der Waals surface area contributed by atoms with Crippen molar-refractivity contribution in [3.05, 3.63) is 36.5 Å². The molecule has 0 aromatic rings. The summed E-state index contributed by atoms with van der Waals surface area (Å²) in [6, 6.07) is -1.01. The van der Waals surface area contributed by atoms with Gasteiger partial charge in [-0.2, -0.15) is 0 Å².